The molecule has 0 radical (unpaired) electrons. The van der Waals surface area contributed by atoms with Gasteiger partial charge in [-0.3, -0.25) is 9.59 Å². The number of benzene rings is 3. The predicted molar refractivity (Wildman–Crippen MR) is 155 cm³/mol. The Kier molecular flexibility index (Phi) is 8.59. The topological polar surface area (TPSA) is 61.4 Å². The summed E-state index contributed by atoms with van der Waals surface area (Å²) in [4.78, 5) is 29.2. The van der Waals surface area contributed by atoms with Crippen LogP contribution in [0.5, 0.6) is 0 Å². The molecule has 2 N–H and O–H groups in total. The molecule has 2 fully saturated rings. The Morgan fingerprint density at radius 2 is 1.59 bits per heavy atom. The molecule has 41 heavy (non-hydrogen) atoms. The van der Waals surface area contributed by atoms with E-state index in [-0.39, 0.29) is 17.2 Å². The average molecular weight is 584 g/mol. The number of carbonyl (C=O) groups excluding carboxylic acids is 2. The number of rotatable bonds is 6. The number of alkyl halides is 3. The molecule has 1 saturated heterocycles. The van der Waals surface area contributed by atoms with Crippen molar-refractivity contribution in [2.75, 3.05) is 17.2 Å². The maximum absolute atomic E-state index is 13.8. The number of anilines is 2. The molecule has 0 unspecified atom stereocenters. The highest BCUT2D eigenvalue weighted by Gasteiger charge is 2.40. The van der Waals surface area contributed by atoms with Crippen LogP contribution in [0.2, 0.25) is 5.02 Å². The number of aryl methyl sites for hydroxylation is 1. The fourth-order valence-corrected chi connectivity index (χ4v) is 6.24. The number of likely N-dealkylation sites (tertiary alicyclic amines) is 1. The van der Waals surface area contributed by atoms with Crippen molar-refractivity contribution in [1.29, 1.82) is 0 Å². The van der Waals surface area contributed by atoms with Crippen molar-refractivity contribution in [3.05, 3.63) is 94.0 Å². The van der Waals surface area contributed by atoms with E-state index in [0.717, 1.165) is 30.2 Å². The van der Waals surface area contributed by atoms with Crippen LogP contribution < -0.4 is 10.6 Å². The average Bonchev–Trinajstić information content (AvgIpc) is 3.46. The molecule has 1 aliphatic heterocycles. The van der Waals surface area contributed by atoms with Crippen LogP contribution in [0.15, 0.2) is 66.7 Å². The van der Waals surface area contributed by atoms with Gasteiger partial charge in [0.25, 0.3) is 5.91 Å². The number of carbonyl (C=O) groups is 2. The molecule has 2 aliphatic rings. The lowest BCUT2D eigenvalue weighted by Crippen LogP contribution is -2.46. The lowest BCUT2D eigenvalue weighted by molar-refractivity contribution is -0.138. The quantitative estimate of drug-likeness (QED) is 0.307. The van der Waals surface area contributed by atoms with E-state index in [0.29, 0.717) is 36.0 Å². The first kappa shape index (κ1) is 29.0. The Hall–Kier alpha value is -3.52. The highest BCUT2D eigenvalue weighted by molar-refractivity contribution is 6.33. The largest absolute Gasteiger partial charge is 0.416 e. The van der Waals surface area contributed by atoms with E-state index < -0.39 is 29.6 Å². The molecule has 5 rings (SSSR count). The van der Waals surface area contributed by atoms with Crippen LogP contribution in [0, 0.1) is 12.8 Å². The number of nitrogens with one attached hydrogen (secondary N) is 2. The molecule has 216 valence electrons. The molecule has 1 heterocycles. The fraction of sp³-hybridized carbons (Fsp3) is 0.375. The van der Waals surface area contributed by atoms with Gasteiger partial charge in [0.15, 0.2) is 0 Å². The summed E-state index contributed by atoms with van der Waals surface area (Å²) in [6, 6.07) is 18.2. The van der Waals surface area contributed by atoms with Gasteiger partial charge in [0.1, 0.15) is 0 Å². The molecular weight excluding hydrogens is 551 g/mol. The first-order valence-corrected chi connectivity index (χ1v) is 14.4. The van der Waals surface area contributed by atoms with Gasteiger partial charge in [0, 0.05) is 24.0 Å². The monoisotopic (exact) mass is 583 g/mol. The normalized spacial score (nSPS) is 19.7. The van der Waals surface area contributed by atoms with Crippen molar-refractivity contribution < 1.29 is 22.8 Å². The minimum Gasteiger partial charge on any atom is -0.382 e. The minimum atomic E-state index is -4.54. The number of hydrogen-bond donors (Lipinski definition) is 2. The third kappa shape index (κ3) is 6.53. The zero-order chi connectivity index (χ0) is 29.1. The van der Waals surface area contributed by atoms with Gasteiger partial charge in [-0.15, -0.1) is 0 Å². The zero-order valence-electron chi connectivity index (χ0n) is 22.8. The van der Waals surface area contributed by atoms with Crippen molar-refractivity contribution >= 4 is 34.8 Å². The van der Waals surface area contributed by atoms with Crippen molar-refractivity contribution in [3.8, 4) is 0 Å². The second-order valence-corrected chi connectivity index (χ2v) is 11.3. The van der Waals surface area contributed by atoms with Crippen LogP contribution >= 0.6 is 11.6 Å². The standard InChI is InChI=1S/C32H33ClF3N3O2/c1-20-12-15-24(19-27(20)32(34,35)36)38-30(40)26-10-6-18-39(31(41)25-9-4-5-11-28(25)33)29(26)21-13-16-23(17-14-21)37-22-7-2-3-8-22/h4-5,9,11-17,19,22,26,29,37H,2-3,6-8,10,18H2,1H3,(H,38,40)/t26-,29-/m0/s1. The highest BCUT2D eigenvalue weighted by atomic mass is 35.5. The van der Waals surface area contributed by atoms with Crippen molar-refractivity contribution in [2.45, 2.75) is 63.7 Å². The van der Waals surface area contributed by atoms with Gasteiger partial charge in [0.2, 0.25) is 5.91 Å². The van der Waals surface area contributed by atoms with E-state index in [4.69, 9.17) is 11.6 Å². The number of hydrogen-bond acceptors (Lipinski definition) is 3. The zero-order valence-corrected chi connectivity index (χ0v) is 23.6. The SMILES string of the molecule is Cc1ccc(NC(=O)[C@H]2CCCN(C(=O)c3ccccc3Cl)[C@H]2c2ccc(NC3CCCC3)cc2)cc1C(F)(F)F. The summed E-state index contributed by atoms with van der Waals surface area (Å²) in [6.45, 7) is 1.80. The Bertz CT molecular complexity index is 1400. The van der Waals surface area contributed by atoms with E-state index in [1.165, 1.54) is 31.9 Å². The Morgan fingerprint density at radius 3 is 2.27 bits per heavy atom. The summed E-state index contributed by atoms with van der Waals surface area (Å²) in [7, 11) is 0. The number of amides is 2. The first-order valence-electron chi connectivity index (χ1n) is 14.0. The van der Waals surface area contributed by atoms with Crippen LogP contribution in [0.4, 0.5) is 24.5 Å². The Balaban J connectivity index is 1.46. The summed E-state index contributed by atoms with van der Waals surface area (Å²) in [5, 5.41) is 6.58. The van der Waals surface area contributed by atoms with Crippen LogP contribution in [-0.4, -0.2) is 29.3 Å². The molecule has 3 aromatic carbocycles. The van der Waals surface area contributed by atoms with Gasteiger partial charge >= 0.3 is 6.18 Å². The predicted octanol–water partition coefficient (Wildman–Crippen LogP) is 8.25. The molecule has 2 atom stereocenters. The maximum atomic E-state index is 13.8. The van der Waals surface area contributed by atoms with Crippen molar-refractivity contribution in [1.82, 2.24) is 4.90 Å². The fourth-order valence-electron chi connectivity index (χ4n) is 6.02. The van der Waals surface area contributed by atoms with Gasteiger partial charge in [-0.2, -0.15) is 13.2 Å². The molecule has 5 nitrogen and oxygen atoms in total. The molecule has 1 aliphatic carbocycles. The smallest absolute Gasteiger partial charge is 0.382 e. The molecule has 1 saturated carbocycles. The van der Waals surface area contributed by atoms with E-state index in [2.05, 4.69) is 10.6 Å². The van der Waals surface area contributed by atoms with Gasteiger partial charge in [-0.1, -0.05) is 54.8 Å². The molecule has 9 heteroatoms. The summed E-state index contributed by atoms with van der Waals surface area (Å²) < 4.78 is 40.6. The third-order valence-electron chi connectivity index (χ3n) is 8.12. The lowest BCUT2D eigenvalue weighted by Gasteiger charge is -2.41. The highest BCUT2D eigenvalue weighted by Crippen LogP contribution is 2.40. The van der Waals surface area contributed by atoms with Gasteiger partial charge in [-0.05, 0) is 80.1 Å². The lowest BCUT2D eigenvalue weighted by atomic mass is 9.83. The van der Waals surface area contributed by atoms with Crippen molar-refractivity contribution in [2.24, 2.45) is 5.92 Å². The van der Waals surface area contributed by atoms with Gasteiger partial charge < -0.3 is 15.5 Å². The number of piperidine rings is 1. The maximum Gasteiger partial charge on any atom is 0.416 e. The summed E-state index contributed by atoms with van der Waals surface area (Å²) in [5.41, 5.74) is 1.44. The first-order chi connectivity index (χ1) is 19.6. The molecule has 0 aromatic heterocycles. The number of nitrogens with zero attached hydrogens (tertiary/aromatic N) is 1. The number of halogens is 4. The third-order valence-corrected chi connectivity index (χ3v) is 8.45. The molecule has 0 spiro atoms. The van der Waals surface area contributed by atoms with Crippen LogP contribution in [0.1, 0.15) is 71.6 Å². The second-order valence-electron chi connectivity index (χ2n) is 10.9. The van der Waals surface area contributed by atoms with Crippen molar-refractivity contribution in [3.63, 3.8) is 0 Å². The molecular formula is C32H33ClF3N3O2. The molecule has 2 amide bonds. The summed E-state index contributed by atoms with van der Waals surface area (Å²) in [5.74, 6) is -1.41. The minimum absolute atomic E-state index is 0.0670. The van der Waals surface area contributed by atoms with Crippen LogP contribution in [0.25, 0.3) is 0 Å². The van der Waals surface area contributed by atoms with Gasteiger partial charge in [-0.25, -0.2) is 0 Å². The second kappa shape index (κ2) is 12.1. The molecule has 0 bridgehead atoms. The summed E-state index contributed by atoms with van der Waals surface area (Å²) in [6.07, 6.45) is 1.17. The summed E-state index contributed by atoms with van der Waals surface area (Å²) >= 11 is 6.38. The Labute approximate surface area is 243 Å². The van der Waals surface area contributed by atoms with Crippen LogP contribution in [0.3, 0.4) is 0 Å². The van der Waals surface area contributed by atoms with E-state index >= 15 is 0 Å². The molecule has 3 aromatic rings. The van der Waals surface area contributed by atoms with E-state index in [9.17, 15) is 22.8 Å². The van der Waals surface area contributed by atoms with Crippen LogP contribution in [-0.2, 0) is 11.0 Å². The van der Waals surface area contributed by atoms with E-state index in [1.54, 1.807) is 29.2 Å². The van der Waals surface area contributed by atoms with Gasteiger partial charge in [0.05, 0.1) is 28.1 Å². The Morgan fingerprint density at radius 1 is 0.902 bits per heavy atom. The van der Waals surface area contributed by atoms with E-state index in [1.807, 2.05) is 24.3 Å².